The largest absolute Gasteiger partial charge is 0.457 e. The van der Waals surface area contributed by atoms with E-state index in [0.717, 1.165) is 19.3 Å². The molecule has 0 aliphatic carbocycles. The van der Waals surface area contributed by atoms with Crippen molar-refractivity contribution in [2.24, 2.45) is 0 Å². The molecule has 0 rings (SSSR count). The summed E-state index contributed by atoms with van der Waals surface area (Å²) >= 11 is 0. The van der Waals surface area contributed by atoms with E-state index in [4.69, 9.17) is 14.9 Å². The first-order chi connectivity index (χ1) is 12.0. The highest BCUT2D eigenvalue weighted by atomic mass is 16.6. The molecule has 0 fully saturated rings. The van der Waals surface area contributed by atoms with Crippen LogP contribution in [-0.2, 0) is 14.3 Å². The van der Waals surface area contributed by atoms with Crippen LogP contribution in [0.3, 0.4) is 0 Å². The number of aliphatic hydroxyl groups excluding tert-OH is 4. The molecule has 4 atom stereocenters. The van der Waals surface area contributed by atoms with Crippen LogP contribution in [0.15, 0.2) is 0 Å². The summed E-state index contributed by atoms with van der Waals surface area (Å²) in [5.41, 5.74) is 0. The maximum absolute atomic E-state index is 11.7. The summed E-state index contributed by atoms with van der Waals surface area (Å²) in [6.45, 7) is 1.47. The Morgan fingerprint density at radius 1 is 0.920 bits per heavy atom. The molecule has 0 spiro atoms. The second-order valence-corrected chi connectivity index (χ2v) is 6.40. The van der Waals surface area contributed by atoms with Crippen LogP contribution in [-0.4, -0.2) is 63.7 Å². The molecule has 0 aliphatic rings. The Bertz CT molecular complexity index is 348. The molecule has 0 aliphatic heterocycles. The van der Waals surface area contributed by atoms with Crippen molar-refractivity contribution >= 4 is 12.3 Å². The molecule has 0 radical (unpaired) electrons. The smallest absolute Gasteiger partial charge is 0.306 e. The molecule has 0 heterocycles. The summed E-state index contributed by atoms with van der Waals surface area (Å²) in [5.74, 6) is -0.589. The van der Waals surface area contributed by atoms with Crippen molar-refractivity contribution in [2.45, 2.75) is 95.5 Å². The maximum Gasteiger partial charge on any atom is 0.306 e. The number of aliphatic hydroxyl groups is 4. The van der Waals surface area contributed by atoms with Crippen molar-refractivity contribution < 1.29 is 34.8 Å². The Balaban J connectivity index is 3.89. The highest BCUT2D eigenvalue weighted by molar-refractivity contribution is 5.69. The summed E-state index contributed by atoms with van der Waals surface area (Å²) in [4.78, 5) is 22.1. The second-order valence-electron chi connectivity index (χ2n) is 6.40. The highest BCUT2D eigenvalue weighted by Crippen LogP contribution is 2.12. The Kier molecular flexibility index (Phi) is 14.6. The van der Waals surface area contributed by atoms with Gasteiger partial charge in [-0.25, -0.2) is 0 Å². The van der Waals surface area contributed by atoms with E-state index < -0.39 is 37.0 Å². The molecule has 7 heteroatoms. The molecule has 0 amide bonds. The van der Waals surface area contributed by atoms with Gasteiger partial charge in [-0.2, -0.15) is 0 Å². The van der Waals surface area contributed by atoms with Gasteiger partial charge in [0.15, 0.2) is 12.4 Å². The van der Waals surface area contributed by atoms with Gasteiger partial charge in [-0.3, -0.25) is 4.79 Å². The van der Waals surface area contributed by atoms with E-state index in [0.29, 0.717) is 6.42 Å². The van der Waals surface area contributed by atoms with E-state index in [2.05, 4.69) is 6.92 Å². The number of aldehydes is 1. The number of carbonyl (C=O) groups is 2. The molecular formula is C18H34O7. The van der Waals surface area contributed by atoms with E-state index in [1.54, 1.807) is 0 Å². The average Bonchev–Trinajstić information content (AvgIpc) is 2.62. The number of esters is 1. The van der Waals surface area contributed by atoms with Gasteiger partial charge >= 0.3 is 5.97 Å². The fraction of sp³-hybridized carbons (Fsp3) is 0.889. The van der Waals surface area contributed by atoms with Gasteiger partial charge in [0.1, 0.15) is 18.3 Å². The molecule has 0 saturated carbocycles. The number of unbranched alkanes of at least 4 members (excludes halogenated alkanes) is 8. The van der Waals surface area contributed by atoms with Gasteiger partial charge in [-0.1, -0.05) is 58.3 Å². The van der Waals surface area contributed by atoms with Crippen LogP contribution in [0.2, 0.25) is 0 Å². The first kappa shape index (κ1) is 24.0. The number of hydrogen-bond acceptors (Lipinski definition) is 7. The standard InChI is InChI=1S/C18H34O7/c1-2-3-4-5-6-7-8-9-10-11-16(22)25-15(13-20)18(24)17(23)14(21)12-19/h12,14-15,17-18,20-21,23-24H,2-11,13H2,1H3/t14-,15+,17+,18+/m0/s1. The van der Waals surface area contributed by atoms with Gasteiger partial charge in [0.05, 0.1) is 6.61 Å². The van der Waals surface area contributed by atoms with Crippen molar-refractivity contribution in [3.8, 4) is 0 Å². The second kappa shape index (κ2) is 15.3. The zero-order chi connectivity index (χ0) is 19.1. The number of ether oxygens (including phenoxy) is 1. The van der Waals surface area contributed by atoms with Crippen molar-refractivity contribution in [1.29, 1.82) is 0 Å². The molecule has 25 heavy (non-hydrogen) atoms. The lowest BCUT2D eigenvalue weighted by Gasteiger charge is -2.26. The van der Waals surface area contributed by atoms with Crippen LogP contribution in [0, 0.1) is 0 Å². The van der Waals surface area contributed by atoms with Crippen LogP contribution < -0.4 is 0 Å². The number of rotatable bonds is 16. The predicted octanol–water partition coefficient (Wildman–Crippen LogP) is 1.09. The summed E-state index contributed by atoms with van der Waals surface area (Å²) in [5, 5.41) is 37.6. The third-order valence-electron chi connectivity index (χ3n) is 4.17. The van der Waals surface area contributed by atoms with Gasteiger partial charge in [0.2, 0.25) is 0 Å². The van der Waals surface area contributed by atoms with Crippen molar-refractivity contribution in [3.05, 3.63) is 0 Å². The minimum atomic E-state index is -1.82. The van der Waals surface area contributed by atoms with E-state index in [1.807, 2.05) is 0 Å². The van der Waals surface area contributed by atoms with Gasteiger partial charge in [-0.05, 0) is 6.42 Å². The zero-order valence-electron chi connectivity index (χ0n) is 15.2. The van der Waals surface area contributed by atoms with Crippen molar-refractivity contribution in [3.63, 3.8) is 0 Å². The van der Waals surface area contributed by atoms with Crippen LogP contribution in [0.1, 0.15) is 71.1 Å². The van der Waals surface area contributed by atoms with Gasteiger partial charge < -0.3 is 30.0 Å². The normalized spacial score (nSPS) is 16.0. The van der Waals surface area contributed by atoms with E-state index in [1.165, 1.54) is 32.1 Å². The molecule has 0 aromatic carbocycles. The topological polar surface area (TPSA) is 124 Å². The molecule has 0 saturated heterocycles. The lowest BCUT2D eigenvalue weighted by molar-refractivity contribution is -0.169. The zero-order valence-corrected chi connectivity index (χ0v) is 15.2. The quantitative estimate of drug-likeness (QED) is 0.184. The van der Waals surface area contributed by atoms with E-state index in [9.17, 15) is 19.8 Å². The summed E-state index contributed by atoms with van der Waals surface area (Å²) in [6, 6.07) is 0. The third kappa shape index (κ3) is 11.3. The molecule has 7 nitrogen and oxygen atoms in total. The summed E-state index contributed by atoms with van der Waals surface area (Å²) < 4.78 is 4.92. The Hall–Kier alpha value is -1.02. The van der Waals surface area contributed by atoms with Crippen molar-refractivity contribution in [2.75, 3.05) is 6.61 Å². The molecule has 0 aromatic heterocycles. The van der Waals surface area contributed by atoms with Gasteiger partial charge in [0, 0.05) is 6.42 Å². The molecule has 0 aromatic rings. The Morgan fingerprint density at radius 3 is 1.92 bits per heavy atom. The maximum atomic E-state index is 11.7. The molecular weight excluding hydrogens is 328 g/mol. The minimum Gasteiger partial charge on any atom is -0.457 e. The first-order valence-corrected chi connectivity index (χ1v) is 9.27. The summed E-state index contributed by atoms with van der Waals surface area (Å²) in [6.07, 6.45) is 3.48. The van der Waals surface area contributed by atoms with Crippen LogP contribution >= 0.6 is 0 Å². The molecule has 148 valence electrons. The van der Waals surface area contributed by atoms with Crippen LogP contribution in [0.25, 0.3) is 0 Å². The SMILES string of the molecule is CCCCCCCCCCCC(=O)O[C@H](CO)[C@@H](O)[C@H](O)[C@@H](O)C=O. The Morgan fingerprint density at radius 2 is 1.44 bits per heavy atom. The fourth-order valence-electron chi connectivity index (χ4n) is 2.53. The van der Waals surface area contributed by atoms with E-state index >= 15 is 0 Å². The first-order valence-electron chi connectivity index (χ1n) is 9.27. The number of hydrogen-bond donors (Lipinski definition) is 4. The van der Waals surface area contributed by atoms with Gasteiger partial charge in [-0.15, -0.1) is 0 Å². The monoisotopic (exact) mass is 362 g/mol. The lowest BCUT2D eigenvalue weighted by atomic mass is 10.0. The minimum absolute atomic E-state index is 0.0619. The average molecular weight is 362 g/mol. The van der Waals surface area contributed by atoms with Crippen LogP contribution in [0.4, 0.5) is 0 Å². The number of carbonyl (C=O) groups excluding carboxylic acids is 2. The predicted molar refractivity (Wildman–Crippen MR) is 92.9 cm³/mol. The third-order valence-corrected chi connectivity index (χ3v) is 4.17. The van der Waals surface area contributed by atoms with Crippen LogP contribution in [0.5, 0.6) is 0 Å². The molecule has 4 N–H and O–H groups in total. The molecule has 0 unspecified atom stereocenters. The van der Waals surface area contributed by atoms with E-state index in [-0.39, 0.29) is 12.7 Å². The lowest BCUT2D eigenvalue weighted by Crippen LogP contribution is -2.48. The van der Waals surface area contributed by atoms with Gasteiger partial charge in [0.25, 0.3) is 0 Å². The molecule has 0 bridgehead atoms. The fourth-order valence-corrected chi connectivity index (χ4v) is 2.53. The summed E-state index contributed by atoms with van der Waals surface area (Å²) in [7, 11) is 0. The highest BCUT2D eigenvalue weighted by Gasteiger charge is 2.33. The van der Waals surface area contributed by atoms with Crippen molar-refractivity contribution in [1.82, 2.24) is 0 Å². The Labute approximate surface area is 150 Å².